The van der Waals surface area contributed by atoms with E-state index in [1.807, 2.05) is 0 Å². The van der Waals surface area contributed by atoms with Crippen molar-refractivity contribution in [2.45, 2.75) is 12.5 Å². The Kier molecular flexibility index (Phi) is 3.24. The number of carbonyl (C=O) groups is 1. The molecule has 0 saturated carbocycles. The monoisotopic (exact) mass is 232 g/mol. The normalized spacial score (nSPS) is 12.4. The van der Waals surface area contributed by atoms with Gasteiger partial charge in [-0.3, -0.25) is 4.79 Å². The third-order valence-electron chi connectivity index (χ3n) is 2.38. The van der Waals surface area contributed by atoms with Gasteiger partial charge in [-0.15, -0.1) is 10.2 Å². The first-order valence-electron chi connectivity index (χ1n) is 5.15. The van der Waals surface area contributed by atoms with Crippen LogP contribution in [0.4, 0.5) is 0 Å². The number of benzene rings is 1. The van der Waals surface area contributed by atoms with Gasteiger partial charge in [0.1, 0.15) is 6.29 Å². The van der Waals surface area contributed by atoms with Gasteiger partial charge in [-0.1, -0.05) is 24.3 Å². The molecule has 1 aromatic carbocycles. The molecule has 88 valence electrons. The van der Waals surface area contributed by atoms with E-state index < -0.39 is 6.10 Å². The van der Waals surface area contributed by atoms with E-state index in [-0.39, 0.29) is 0 Å². The quantitative estimate of drug-likeness (QED) is 0.767. The lowest BCUT2D eigenvalue weighted by molar-refractivity contribution is 0.112. The highest BCUT2D eigenvalue weighted by atomic mass is 16.3. The molecule has 1 atom stereocenters. The maximum absolute atomic E-state index is 10.5. The van der Waals surface area contributed by atoms with Gasteiger partial charge in [0.05, 0.1) is 13.2 Å². The fraction of sp³-hybridized carbons (Fsp3) is 0.273. The summed E-state index contributed by atoms with van der Waals surface area (Å²) in [6.45, 7) is 0. The molecule has 0 bridgehead atoms. The summed E-state index contributed by atoms with van der Waals surface area (Å²) in [6, 6.07) is 6.75. The van der Waals surface area contributed by atoms with Gasteiger partial charge in [-0.2, -0.15) is 4.80 Å². The van der Waals surface area contributed by atoms with Gasteiger partial charge in [0, 0.05) is 12.0 Å². The van der Waals surface area contributed by atoms with E-state index in [0.717, 1.165) is 11.8 Å². The summed E-state index contributed by atoms with van der Waals surface area (Å²) < 4.78 is 0. The van der Waals surface area contributed by atoms with Gasteiger partial charge in [-0.05, 0) is 10.8 Å². The van der Waals surface area contributed by atoms with E-state index in [1.165, 1.54) is 4.80 Å². The number of aryl methyl sites for hydroxylation is 1. The number of rotatable bonds is 4. The van der Waals surface area contributed by atoms with Crippen molar-refractivity contribution in [1.29, 1.82) is 0 Å². The predicted octanol–water partition coefficient (Wildman–Crippen LogP) is 0.299. The number of hydrogen-bond donors (Lipinski definition) is 1. The molecule has 1 heterocycles. The number of aliphatic hydroxyl groups excluding tert-OH is 1. The highest BCUT2D eigenvalue weighted by molar-refractivity contribution is 5.74. The van der Waals surface area contributed by atoms with Gasteiger partial charge in [-0.25, -0.2) is 0 Å². The lowest BCUT2D eigenvalue weighted by Gasteiger charge is -2.08. The Hall–Kier alpha value is -2.08. The van der Waals surface area contributed by atoms with Gasteiger partial charge in [0.15, 0.2) is 5.82 Å². The Morgan fingerprint density at radius 2 is 2.12 bits per heavy atom. The standard InChI is InChI=1S/C11H12N4O2/c1-15-13-11(12-14-15)6-10(17)9-4-2-8(7-16)3-5-9/h2-5,7,10,17H,6H2,1H3. The van der Waals surface area contributed by atoms with Crippen LogP contribution >= 0.6 is 0 Å². The Labute approximate surface area is 97.9 Å². The van der Waals surface area contributed by atoms with Gasteiger partial charge < -0.3 is 5.11 Å². The number of aliphatic hydroxyl groups is 1. The van der Waals surface area contributed by atoms with Crippen LogP contribution < -0.4 is 0 Å². The molecule has 0 amide bonds. The fourth-order valence-corrected chi connectivity index (χ4v) is 1.49. The van der Waals surface area contributed by atoms with Crippen LogP contribution in [0, 0.1) is 0 Å². The highest BCUT2D eigenvalue weighted by Crippen LogP contribution is 2.16. The molecule has 0 aliphatic rings. The Balaban J connectivity index is 2.08. The second-order valence-corrected chi connectivity index (χ2v) is 3.70. The van der Waals surface area contributed by atoms with Crippen LogP contribution in [0.5, 0.6) is 0 Å². The van der Waals surface area contributed by atoms with E-state index in [0.29, 0.717) is 17.8 Å². The molecule has 17 heavy (non-hydrogen) atoms. The van der Waals surface area contributed by atoms with E-state index in [2.05, 4.69) is 15.4 Å². The van der Waals surface area contributed by atoms with Crippen molar-refractivity contribution in [1.82, 2.24) is 20.2 Å². The summed E-state index contributed by atoms with van der Waals surface area (Å²) in [5.74, 6) is 0.486. The Bertz CT molecular complexity index is 506. The van der Waals surface area contributed by atoms with E-state index in [4.69, 9.17) is 0 Å². The second-order valence-electron chi connectivity index (χ2n) is 3.70. The molecule has 1 aromatic heterocycles. The largest absolute Gasteiger partial charge is 0.388 e. The molecule has 1 N–H and O–H groups in total. The summed E-state index contributed by atoms with van der Waals surface area (Å²) >= 11 is 0. The smallest absolute Gasteiger partial charge is 0.177 e. The minimum atomic E-state index is -0.695. The van der Waals surface area contributed by atoms with E-state index in [1.54, 1.807) is 31.3 Å². The maximum atomic E-state index is 10.5. The van der Waals surface area contributed by atoms with Crippen LogP contribution in [0.1, 0.15) is 27.8 Å². The van der Waals surface area contributed by atoms with Crippen LogP contribution in [0.15, 0.2) is 24.3 Å². The minimum Gasteiger partial charge on any atom is -0.388 e. The van der Waals surface area contributed by atoms with E-state index >= 15 is 0 Å². The van der Waals surface area contributed by atoms with Crippen molar-refractivity contribution < 1.29 is 9.90 Å². The second kappa shape index (κ2) is 4.84. The summed E-state index contributed by atoms with van der Waals surface area (Å²) in [6.07, 6.45) is 0.370. The minimum absolute atomic E-state index is 0.300. The molecule has 0 saturated heterocycles. The molecule has 0 spiro atoms. The van der Waals surface area contributed by atoms with Crippen LogP contribution in [-0.2, 0) is 13.5 Å². The average molecular weight is 232 g/mol. The Morgan fingerprint density at radius 3 is 2.65 bits per heavy atom. The molecule has 6 heteroatoms. The highest BCUT2D eigenvalue weighted by Gasteiger charge is 2.11. The first-order valence-corrected chi connectivity index (χ1v) is 5.15. The van der Waals surface area contributed by atoms with E-state index in [9.17, 15) is 9.90 Å². The predicted molar refractivity (Wildman–Crippen MR) is 59.3 cm³/mol. The van der Waals surface area contributed by atoms with Crippen molar-refractivity contribution in [3.8, 4) is 0 Å². The first-order chi connectivity index (χ1) is 8.19. The molecule has 2 rings (SSSR count). The third kappa shape index (κ3) is 2.73. The maximum Gasteiger partial charge on any atom is 0.177 e. The van der Waals surface area contributed by atoms with Crippen molar-refractivity contribution in [2.75, 3.05) is 0 Å². The third-order valence-corrected chi connectivity index (χ3v) is 2.38. The molecule has 0 aliphatic heterocycles. The van der Waals surface area contributed by atoms with Crippen molar-refractivity contribution in [3.05, 3.63) is 41.2 Å². The van der Waals surface area contributed by atoms with Gasteiger partial charge in [0.25, 0.3) is 0 Å². The van der Waals surface area contributed by atoms with Crippen LogP contribution in [0.2, 0.25) is 0 Å². The van der Waals surface area contributed by atoms with Crippen molar-refractivity contribution in [2.24, 2.45) is 7.05 Å². The lowest BCUT2D eigenvalue weighted by Crippen LogP contribution is -2.04. The summed E-state index contributed by atoms with van der Waals surface area (Å²) in [5, 5.41) is 21.4. The van der Waals surface area contributed by atoms with Gasteiger partial charge in [0.2, 0.25) is 0 Å². The van der Waals surface area contributed by atoms with Crippen LogP contribution in [0.3, 0.4) is 0 Å². The molecule has 1 unspecified atom stereocenters. The molecule has 6 nitrogen and oxygen atoms in total. The molecule has 2 aromatic rings. The average Bonchev–Trinajstić information content (AvgIpc) is 2.75. The number of tetrazole rings is 1. The van der Waals surface area contributed by atoms with Crippen molar-refractivity contribution in [3.63, 3.8) is 0 Å². The number of aromatic nitrogens is 4. The number of aldehydes is 1. The molecule has 0 fully saturated rings. The molecular formula is C11H12N4O2. The summed E-state index contributed by atoms with van der Waals surface area (Å²) in [5.41, 5.74) is 1.31. The zero-order valence-electron chi connectivity index (χ0n) is 9.32. The Morgan fingerprint density at radius 1 is 1.41 bits per heavy atom. The van der Waals surface area contributed by atoms with Gasteiger partial charge >= 0.3 is 0 Å². The molecule has 0 radical (unpaired) electrons. The molecule has 0 aliphatic carbocycles. The van der Waals surface area contributed by atoms with Crippen LogP contribution in [0.25, 0.3) is 0 Å². The topological polar surface area (TPSA) is 80.9 Å². The first kappa shape index (κ1) is 11.4. The van der Waals surface area contributed by atoms with Crippen molar-refractivity contribution >= 4 is 6.29 Å². The lowest BCUT2D eigenvalue weighted by atomic mass is 10.0. The summed E-state index contributed by atoms with van der Waals surface area (Å²) in [4.78, 5) is 11.8. The summed E-state index contributed by atoms with van der Waals surface area (Å²) in [7, 11) is 1.67. The number of carbonyl (C=O) groups excluding carboxylic acids is 1. The number of nitrogens with zero attached hydrogens (tertiary/aromatic N) is 4. The fourth-order valence-electron chi connectivity index (χ4n) is 1.49. The zero-order chi connectivity index (χ0) is 12.3. The van der Waals surface area contributed by atoms with Crippen LogP contribution in [-0.4, -0.2) is 31.6 Å². The zero-order valence-corrected chi connectivity index (χ0v) is 9.32. The number of hydrogen-bond acceptors (Lipinski definition) is 5. The SMILES string of the molecule is Cn1nnc(CC(O)c2ccc(C=O)cc2)n1. The molecular weight excluding hydrogens is 220 g/mol.